The van der Waals surface area contributed by atoms with Crippen LogP contribution in [-0.4, -0.2) is 19.3 Å². The number of hydrogen-bond donors (Lipinski definition) is 1. The lowest BCUT2D eigenvalue weighted by Crippen LogP contribution is -2.35. The quantitative estimate of drug-likeness (QED) is 0.859. The molecule has 4 unspecified atom stereocenters. The van der Waals surface area contributed by atoms with Crippen molar-refractivity contribution in [3.05, 3.63) is 29.8 Å². The van der Waals surface area contributed by atoms with Gasteiger partial charge in [-0.15, -0.1) is 0 Å². The van der Waals surface area contributed by atoms with E-state index in [9.17, 15) is 0 Å². The van der Waals surface area contributed by atoms with E-state index in [2.05, 4.69) is 13.0 Å². The second-order valence-corrected chi connectivity index (χ2v) is 6.15. The van der Waals surface area contributed by atoms with Crippen molar-refractivity contribution in [2.75, 3.05) is 7.11 Å². The van der Waals surface area contributed by atoms with Crippen LogP contribution in [0.1, 0.15) is 57.6 Å². The highest BCUT2D eigenvalue weighted by Gasteiger charge is 2.30. The highest BCUT2D eigenvalue weighted by atomic mass is 16.5. The van der Waals surface area contributed by atoms with E-state index in [1.165, 1.54) is 25.7 Å². The van der Waals surface area contributed by atoms with Crippen LogP contribution in [0.2, 0.25) is 0 Å². The minimum Gasteiger partial charge on any atom is -0.496 e. The zero-order valence-corrected chi connectivity index (χ0v) is 13.5. The molecular formula is C18H29NO2. The number of ether oxygens (including phenoxy) is 2. The summed E-state index contributed by atoms with van der Waals surface area (Å²) in [5.41, 5.74) is 7.28. The largest absolute Gasteiger partial charge is 0.496 e. The van der Waals surface area contributed by atoms with Gasteiger partial charge in [0, 0.05) is 11.6 Å². The first-order chi connectivity index (χ1) is 10.2. The summed E-state index contributed by atoms with van der Waals surface area (Å²) in [6, 6.07) is 7.99. The van der Waals surface area contributed by atoms with Crippen molar-refractivity contribution in [1.82, 2.24) is 0 Å². The fourth-order valence-corrected chi connectivity index (χ4v) is 3.39. The molecule has 4 atom stereocenters. The van der Waals surface area contributed by atoms with E-state index in [0.717, 1.165) is 17.7 Å². The average molecular weight is 291 g/mol. The third-order valence-electron chi connectivity index (χ3n) is 4.61. The van der Waals surface area contributed by atoms with E-state index in [0.29, 0.717) is 12.0 Å². The van der Waals surface area contributed by atoms with Crippen molar-refractivity contribution in [2.45, 2.75) is 64.2 Å². The molecule has 2 rings (SSSR count). The molecule has 1 saturated carbocycles. The van der Waals surface area contributed by atoms with Gasteiger partial charge in [-0.1, -0.05) is 44.4 Å². The minimum atomic E-state index is -0.0988. The first-order valence-corrected chi connectivity index (χ1v) is 8.21. The van der Waals surface area contributed by atoms with Crippen LogP contribution in [0.3, 0.4) is 0 Å². The Hall–Kier alpha value is -1.06. The van der Waals surface area contributed by atoms with Crippen LogP contribution >= 0.6 is 0 Å². The molecule has 3 nitrogen and oxygen atoms in total. The predicted molar refractivity (Wildman–Crippen MR) is 86.5 cm³/mol. The Kier molecular flexibility index (Phi) is 6.07. The lowest BCUT2D eigenvalue weighted by atomic mass is 9.84. The van der Waals surface area contributed by atoms with E-state index >= 15 is 0 Å². The molecule has 0 spiro atoms. The maximum atomic E-state index is 6.48. The monoisotopic (exact) mass is 291 g/mol. The fraction of sp³-hybridized carbons (Fsp3) is 0.667. The maximum absolute atomic E-state index is 6.48. The lowest BCUT2D eigenvalue weighted by molar-refractivity contribution is -0.0707. The standard InChI is InChI=1S/C18H29NO2/c1-4-14-9-5-7-11-16(14)21-18(13(2)19)15-10-6-8-12-17(15)20-3/h6,8,10,12-14,16,18H,4-5,7,9,11,19H2,1-3H3. The fourth-order valence-electron chi connectivity index (χ4n) is 3.39. The molecule has 1 aromatic rings. The summed E-state index contributed by atoms with van der Waals surface area (Å²) < 4.78 is 12.0. The van der Waals surface area contributed by atoms with E-state index < -0.39 is 0 Å². The predicted octanol–water partition coefficient (Wildman–Crippen LogP) is 4.07. The Morgan fingerprint density at radius 2 is 1.95 bits per heavy atom. The van der Waals surface area contributed by atoms with Gasteiger partial charge in [0.1, 0.15) is 11.9 Å². The number of rotatable bonds is 6. The Labute approximate surface area is 128 Å². The Bertz CT molecular complexity index is 433. The highest BCUT2D eigenvalue weighted by molar-refractivity contribution is 5.35. The molecule has 0 amide bonds. The van der Waals surface area contributed by atoms with E-state index in [4.69, 9.17) is 15.2 Å². The van der Waals surface area contributed by atoms with Crippen molar-refractivity contribution in [3.8, 4) is 5.75 Å². The number of methoxy groups -OCH3 is 1. The molecule has 1 fully saturated rings. The number of hydrogen-bond acceptors (Lipinski definition) is 3. The molecule has 0 saturated heterocycles. The first-order valence-electron chi connectivity index (χ1n) is 8.21. The summed E-state index contributed by atoms with van der Waals surface area (Å²) in [6.07, 6.45) is 6.43. The van der Waals surface area contributed by atoms with Crippen molar-refractivity contribution >= 4 is 0 Å². The molecule has 1 aliphatic carbocycles. The van der Waals surface area contributed by atoms with Crippen molar-refractivity contribution in [1.29, 1.82) is 0 Å². The van der Waals surface area contributed by atoms with Crippen LogP contribution in [-0.2, 0) is 4.74 Å². The second kappa shape index (κ2) is 7.81. The molecule has 1 aromatic carbocycles. The molecule has 1 aliphatic rings. The topological polar surface area (TPSA) is 44.5 Å². The maximum Gasteiger partial charge on any atom is 0.124 e. The molecule has 21 heavy (non-hydrogen) atoms. The van der Waals surface area contributed by atoms with E-state index in [-0.39, 0.29) is 12.1 Å². The summed E-state index contributed by atoms with van der Waals surface area (Å²) >= 11 is 0. The van der Waals surface area contributed by atoms with Crippen LogP contribution in [0.5, 0.6) is 5.75 Å². The van der Waals surface area contributed by atoms with Crippen LogP contribution in [0, 0.1) is 5.92 Å². The van der Waals surface area contributed by atoms with Gasteiger partial charge < -0.3 is 15.2 Å². The molecule has 0 aromatic heterocycles. The van der Waals surface area contributed by atoms with Gasteiger partial charge >= 0.3 is 0 Å². The molecule has 2 N–H and O–H groups in total. The van der Waals surface area contributed by atoms with E-state index in [1.54, 1.807) is 7.11 Å². The summed E-state index contributed by atoms with van der Waals surface area (Å²) in [5, 5.41) is 0. The van der Waals surface area contributed by atoms with Crippen molar-refractivity contribution in [2.24, 2.45) is 11.7 Å². The number of para-hydroxylation sites is 1. The molecule has 0 aliphatic heterocycles. The number of benzene rings is 1. The zero-order valence-electron chi connectivity index (χ0n) is 13.5. The van der Waals surface area contributed by atoms with Gasteiger partial charge in [-0.05, 0) is 31.7 Å². The Balaban J connectivity index is 2.19. The minimum absolute atomic E-state index is 0.0549. The normalized spacial score (nSPS) is 25.3. The van der Waals surface area contributed by atoms with Gasteiger partial charge in [0.15, 0.2) is 0 Å². The molecule has 0 radical (unpaired) electrons. The molecule has 3 heteroatoms. The van der Waals surface area contributed by atoms with Crippen molar-refractivity contribution in [3.63, 3.8) is 0 Å². The van der Waals surface area contributed by atoms with Crippen molar-refractivity contribution < 1.29 is 9.47 Å². The van der Waals surface area contributed by atoms with Crippen LogP contribution in [0.15, 0.2) is 24.3 Å². The lowest BCUT2D eigenvalue weighted by Gasteiger charge is -2.35. The SMILES string of the molecule is CCC1CCCCC1OC(c1ccccc1OC)C(C)N. The summed E-state index contributed by atoms with van der Waals surface area (Å²) in [5.74, 6) is 1.53. The second-order valence-electron chi connectivity index (χ2n) is 6.15. The molecule has 0 heterocycles. The third-order valence-corrected chi connectivity index (χ3v) is 4.61. The molecule has 0 bridgehead atoms. The smallest absolute Gasteiger partial charge is 0.124 e. The Morgan fingerprint density at radius 3 is 2.62 bits per heavy atom. The van der Waals surface area contributed by atoms with Gasteiger partial charge in [-0.2, -0.15) is 0 Å². The zero-order chi connectivity index (χ0) is 15.2. The third kappa shape index (κ3) is 3.98. The van der Waals surface area contributed by atoms with Gasteiger partial charge in [0.2, 0.25) is 0 Å². The van der Waals surface area contributed by atoms with Crippen LogP contribution in [0.25, 0.3) is 0 Å². The average Bonchev–Trinajstić information content (AvgIpc) is 2.52. The molecule has 118 valence electrons. The van der Waals surface area contributed by atoms with E-state index in [1.807, 2.05) is 25.1 Å². The Morgan fingerprint density at radius 1 is 1.24 bits per heavy atom. The number of nitrogens with two attached hydrogens (primary N) is 1. The van der Waals surface area contributed by atoms with Gasteiger partial charge in [0.25, 0.3) is 0 Å². The van der Waals surface area contributed by atoms with Gasteiger partial charge in [0.05, 0.1) is 13.2 Å². The van der Waals surface area contributed by atoms with Crippen LogP contribution < -0.4 is 10.5 Å². The van der Waals surface area contributed by atoms with Crippen LogP contribution in [0.4, 0.5) is 0 Å². The summed E-state index contributed by atoms with van der Waals surface area (Å²) in [7, 11) is 1.70. The molecular weight excluding hydrogens is 262 g/mol. The summed E-state index contributed by atoms with van der Waals surface area (Å²) in [6.45, 7) is 4.28. The summed E-state index contributed by atoms with van der Waals surface area (Å²) in [4.78, 5) is 0. The van der Waals surface area contributed by atoms with Gasteiger partial charge in [-0.3, -0.25) is 0 Å². The van der Waals surface area contributed by atoms with Gasteiger partial charge in [-0.25, -0.2) is 0 Å². The highest BCUT2D eigenvalue weighted by Crippen LogP contribution is 2.36. The first kappa shape index (κ1) is 16.3.